The van der Waals surface area contributed by atoms with Gasteiger partial charge in [-0.25, -0.2) is 9.78 Å². The van der Waals surface area contributed by atoms with Crippen LogP contribution in [0, 0.1) is 11.8 Å². The first-order chi connectivity index (χ1) is 20.5. The van der Waals surface area contributed by atoms with Gasteiger partial charge >= 0.3 is 6.09 Å². The van der Waals surface area contributed by atoms with Crippen molar-refractivity contribution in [1.29, 1.82) is 0 Å². The maximum atomic E-state index is 10.5. The average Bonchev–Trinajstić information content (AvgIpc) is 3.67. The second-order valence-electron chi connectivity index (χ2n) is 9.94. The molecule has 0 radical (unpaired) electrons. The van der Waals surface area contributed by atoms with Gasteiger partial charge in [-0.05, 0) is 62.6 Å². The molecule has 1 aromatic carbocycles. The van der Waals surface area contributed by atoms with E-state index >= 15 is 0 Å². The van der Waals surface area contributed by atoms with Crippen LogP contribution in [0.1, 0.15) is 60.6 Å². The first-order valence-electron chi connectivity index (χ1n) is 14.0. The zero-order valence-electron chi connectivity index (χ0n) is 23.5. The maximum absolute atomic E-state index is 10.5. The molecule has 42 heavy (non-hydrogen) atoms. The lowest BCUT2D eigenvalue weighted by Gasteiger charge is -2.26. The fraction of sp³-hybridized carbons (Fsp3) is 0.355. The molecule has 2 atom stereocenters. The van der Waals surface area contributed by atoms with Gasteiger partial charge in [-0.2, -0.15) is 0 Å². The van der Waals surface area contributed by atoms with E-state index in [1.54, 1.807) is 12.4 Å². The molecule has 218 valence electrons. The van der Waals surface area contributed by atoms with Gasteiger partial charge in [0, 0.05) is 67.6 Å². The zero-order chi connectivity index (χ0) is 29.1. The topological polar surface area (TPSA) is 137 Å². The van der Waals surface area contributed by atoms with Crippen molar-refractivity contribution in [1.82, 2.24) is 30.3 Å². The number of ether oxygens (including phenoxy) is 2. The van der Waals surface area contributed by atoms with Gasteiger partial charge < -0.3 is 34.3 Å². The Morgan fingerprint density at radius 3 is 2.71 bits per heavy atom. The number of amides is 1. The SMILES string of the molecule is CC(OC1CCCCO1)c1nccn1Cc1cc(-c2ccc(C#Cc3ccc(CNCCNC(=O)O)nc3)cc2)on1. The quantitative estimate of drug-likeness (QED) is 0.178. The molecular weight excluding hydrogens is 536 g/mol. The molecule has 11 heteroatoms. The first-order valence-corrected chi connectivity index (χ1v) is 14.0. The number of carbonyl (C=O) groups is 1. The summed E-state index contributed by atoms with van der Waals surface area (Å²) in [5.74, 6) is 7.80. The maximum Gasteiger partial charge on any atom is 0.404 e. The van der Waals surface area contributed by atoms with Gasteiger partial charge in [0.15, 0.2) is 12.1 Å². The molecule has 1 amide bonds. The minimum Gasteiger partial charge on any atom is -0.465 e. The highest BCUT2D eigenvalue weighted by atomic mass is 16.7. The molecular formula is C31H34N6O5. The molecule has 0 aliphatic carbocycles. The summed E-state index contributed by atoms with van der Waals surface area (Å²) in [6.45, 7) is 4.67. The Hall–Kier alpha value is -4.50. The summed E-state index contributed by atoms with van der Waals surface area (Å²) >= 11 is 0. The number of aromatic nitrogens is 4. The largest absolute Gasteiger partial charge is 0.465 e. The zero-order valence-corrected chi connectivity index (χ0v) is 23.5. The van der Waals surface area contributed by atoms with E-state index in [2.05, 4.69) is 37.6 Å². The molecule has 0 saturated carbocycles. The molecule has 5 rings (SSSR count). The summed E-state index contributed by atoms with van der Waals surface area (Å²) < 4.78 is 19.5. The molecule has 1 saturated heterocycles. The van der Waals surface area contributed by atoms with Gasteiger partial charge in [0.1, 0.15) is 17.6 Å². The van der Waals surface area contributed by atoms with Crippen LogP contribution in [0.15, 0.2) is 65.6 Å². The minimum absolute atomic E-state index is 0.183. The Morgan fingerprint density at radius 1 is 1.12 bits per heavy atom. The fourth-order valence-electron chi connectivity index (χ4n) is 4.56. The van der Waals surface area contributed by atoms with Crippen LogP contribution in [0.3, 0.4) is 0 Å². The van der Waals surface area contributed by atoms with Crippen molar-refractivity contribution < 1.29 is 23.9 Å². The highest BCUT2D eigenvalue weighted by Crippen LogP contribution is 2.25. The Balaban J connectivity index is 1.13. The van der Waals surface area contributed by atoms with Crippen LogP contribution >= 0.6 is 0 Å². The standard InChI is InChI=1S/C31H34N6O5/c1-22(41-29-4-2-3-17-40-29)30-33-15-16-37(30)21-27-18-28(42-36-27)25-10-7-23(8-11-25)5-6-24-9-12-26(35-19-24)20-32-13-14-34-31(38)39/h7-12,15-16,18-19,22,29,32,34H,2-4,13-14,17,20-21H2,1H3,(H,38,39). The molecule has 4 heterocycles. The van der Waals surface area contributed by atoms with Crippen LogP contribution < -0.4 is 10.6 Å². The van der Waals surface area contributed by atoms with Crippen molar-refractivity contribution in [3.8, 4) is 23.2 Å². The smallest absolute Gasteiger partial charge is 0.404 e. The minimum atomic E-state index is -1.03. The highest BCUT2D eigenvalue weighted by molar-refractivity contribution is 5.64. The summed E-state index contributed by atoms with van der Waals surface area (Å²) in [6, 6.07) is 13.6. The lowest BCUT2D eigenvalue weighted by atomic mass is 10.1. The van der Waals surface area contributed by atoms with Gasteiger partial charge in [0.25, 0.3) is 0 Å². The van der Waals surface area contributed by atoms with Crippen LogP contribution in [0.4, 0.5) is 4.79 Å². The van der Waals surface area contributed by atoms with Crippen LogP contribution in [0.5, 0.6) is 0 Å². The molecule has 1 fully saturated rings. The lowest BCUT2D eigenvalue weighted by Crippen LogP contribution is -2.30. The van der Waals surface area contributed by atoms with Crippen molar-refractivity contribution in [2.24, 2.45) is 0 Å². The van der Waals surface area contributed by atoms with Gasteiger partial charge in [-0.15, -0.1) is 0 Å². The predicted molar refractivity (Wildman–Crippen MR) is 154 cm³/mol. The fourth-order valence-corrected chi connectivity index (χ4v) is 4.56. The Bertz CT molecular complexity index is 1500. The van der Waals surface area contributed by atoms with E-state index in [0.717, 1.165) is 59.8 Å². The molecule has 0 bridgehead atoms. The van der Waals surface area contributed by atoms with Crippen molar-refractivity contribution in [3.63, 3.8) is 0 Å². The summed E-state index contributed by atoms with van der Waals surface area (Å²) in [5, 5.41) is 18.3. The number of hydrogen-bond donors (Lipinski definition) is 3. The van der Waals surface area contributed by atoms with Crippen LogP contribution in [0.2, 0.25) is 0 Å². The molecule has 3 N–H and O–H groups in total. The Kier molecular flexibility index (Phi) is 9.95. The van der Waals surface area contributed by atoms with Crippen molar-refractivity contribution in [2.45, 2.75) is 51.7 Å². The van der Waals surface area contributed by atoms with Gasteiger partial charge in [-0.1, -0.05) is 17.0 Å². The number of nitrogens with zero attached hydrogens (tertiary/aromatic N) is 4. The van der Waals surface area contributed by atoms with Crippen LogP contribution in [0.25, 0.3) is 11.3 Å². The highest BCUT2D eigenvalue weighted by Gasteiger charge is 2.21. The van der Waals surface area contributed by atoms with E-state index in [1.807, 2.05) is 60.2 Å². The van der Waals surface area contributed by atoms with E-state index < -0.39 is 6.09 Å². The van der Waals surface area contributed by atoms with Crippen molar-refractivity contribution in [2.75, 3.05) is 19.7 Å². The molecule has 1 aliphatic heterocycles. The van der Waals surface area contributed by atoms with Crippen LogP contribution in [-0.4, -0.2) is 56.9 Å². The Labute approximate surface area is 244 Å². The summed E-state index contributed by atoms with van der Waals surface area (Å²) in [4.78, 5) is 19.4. The lowest BCUT2D eigenvalue weighted by molar-refractivity contribution is -0.188. The number of rotatable bonds is 11. The van der Waals surface area contributed by atoms with Crippen LogP contribution in [-0.2, 0) is 22.6 Å². The van der Waals surface area contributed by atoms with Crippen molar-refractivity contribution >= 4 is 6.09 Å². The van der Waals surface area contributed by atoms with E-state index in [-0.39, 0.29) is 12.4 Å². The molecule has 11 nitrogen and oxygen atoms in total. The number of nitrogens with one attached hydrogen (secondary N) is 2. The molecule has 2 unspecified atom stereocenters. The molecule has 4 aromatic rings. The number of carboxylic acid groups (broad SMARTS) is 1. The number of benzene rings is 1. The van der Waals surface area contributed by atoms with E-state index in [1.165, 1.54) is 0 Å². The third-order valence-corrected chi connectivity index (χ3v) is 6.73. The van der Waals surface area contributed by atoms with E-state index in [0.29, 0.717) is 31.9 Å². The second-order valence-corrected chi connectivity index (χ2v) is 9.94. The second kappa shape index (κ2) is 14.4. The average molecular weight is 571 g/mol. The first kappa shape index (κ1) is 29.0. The number of hydrogen-bond acceptors (Lipinski definition) is 8. The summed E-state index contributed by atoms with van der Waals surface area (Å²) in [6.07, 6.45) is 7.10. The summed E-state index contributed by atoms with van der Waals surface area (Å²) in [5.41, 5.74) is 4.23. The summed E-state index contributed by atoms with van der Waals surface area (Å²) in [7, 11) is 0. The number of imidazole rings is 1. The third-order valence-electron chi connectivity index (χ3n) is 6.73. The molecule has 3 aromatic heterocycles. The van der Waals surface area contributed by atoms with Gasteiger partial charge in [0.2, 0.25) is 0 Å². The van der Waals surface area contributed by atoms with E-state index in [9.17, 15) is 4.79 Å². The molecule has 0 spiro atoms. The molecule has 1 aliphatic rings. The Morgan fingerprint density at radius 2 is 1.95 bits per heavy atom. The van der Waals surface area contributed by atoms with Gasteiger partial charge in [-0.3, -0.25) is 4.98 Å². The monoisotopic (exact) mass is 570 g/mol. The third kappa shape index (κ3) is 8.27. The van der Waals surface area contributed by atoms with Gasteiger partial charge in [0.05, 0.1) is 12.2 Å². The number of pyridine rings is 1. The van der Waals surface area contributed by atoms with Crippen molar-refractivity contribution in [3.05, 3.63) is 89.4 Å². The van der Waals surface area contributed by atoms with E-state index in [4.69, 9.17) is 19.1 Å². The predicted octanol–water partition coefficient (Wildman–Crippen LogP) is 4.34. The normalized spacial score (nSPS) is 15.5.